The van der Waals surface area contributed by atoms with Crippen LogP contribution >= 0.6 is 11.6 Å². The Morgan fingerprint density at radius 3 is 2.86 bits per heavy atom. The molecule has 1 unspecified atom stereocenters. The Kier molecular flexibility index (Phi) is 3.24. The van der Waals surface area contributed by atoms with Crippen molar-refractivity contribution in [1.82, 2.24) is 4.98 Å². The van der Waals surface area contributed by atoms with Gasteiger partial charge in [0.2, 0.25) is 0 Å². The number of carbonyl (C=O) groups is 1. The van der Waals surface area contributed by atoms with Crippen LogP contribution in [-0.2, 0) is 0 Å². The minimum Gasteiger partial charge on any atom is -0.496 e. The van der Waals surface area contributed by atoms with Crippen molar-refractivity contribution in [2.45, 2.75) is 6.04 Å². The fourth-order valence-electron chi connectivity index (χ4n) is 2.48. The van der Waals surface area contributed by atoms with E-state index in [1.807, 2.05) is 0 Å². The van der Waals surface area contributed by atoms with E-state index in [9.17, 15) is 10.1 Å². The summed E-state index contributed by atoms with van der Waals surface area (Å²) in [6, 6.07) is 8.02. The third kappa shape index (κ3) is 1.92. The number of nitrogens with zero attached hydrogens (tertiary/aromatic N) is 3. The van der Waals surface area contributed by atoms with Gasteiger partial charge in [-0.25, -0.2) is 0 Å². The number of benzene rings is 1. The molecule has 6 heteroatoms. The van der Waals surface area contributed by atoms with Gasteiger partial charge in [-0.1, -0.05) is 11.6 Å². The van der Waals surface area contributed by atoms with E-state index in [0.717, 1.165) is 0 Å². The Hall–Kier alpha value is -2.58. The monoisotopic (exact) mass is 299 g/mol. The molecule has 104 valence electrons. The summed E-state index contributed by atoms with van der Waals surface area (Å²) in [4.78, 5) is 18.1. The van der Waals surface area contributed by atoms with E-state index in [1.165, 1.54) is 18.2 Å². The van der Waals surface area contributed by atoms with Crippen molar-refractivity contribution in [3.63, 3.8) is 0 Å². The normalized spacial score (nSPS) is 16.5. The molecular weight excluding hydrogens is 290 g/mol. The maximum absolute atomic E-state index is 12.7. The number of methoxy groups -OCH3 is 1. The minimum absolute atomic E-state index is 0.316. The number of halogens is 1. The van der Waals surface area contributed by atoms with Crippen molar-refractivity contribution < 1.29 is 9.53 Å². The molecule has 1 aliphatic rings. The molecule has 0 saturated carbocycles. The third-order valence-electron chi connectivity index (χ3n) is 3.38. The van der Waals surface area contributed by atoms with Crippen LogP contribution in [0.2, 0.25) is 5.02 Å². The first kappa shape index (κ1) is 13.4. The number of ether oxygens (including phenoxy) is 1. The third-order valence-corrected chi connectivity index (χ3v) is 3.71. The maximum Gasteiger partial charge on any atom is 0.263 e. The summed E-state index contributed by atoms with van der Waals surface area (Å²) in [6.45, 7) is 0. The van der Waals surface area contributed by atoms with Crippen molar-refractivity contribution in [1.29, 1.82) is 5.26 Å². The van der Waals surface area contributed by atoms with E-state index in [1.54, 1.807) is 30.5 Å². The lowest BCUT2D eigenvalue weighted by molar-refractivity contribution is 0.0992. The predicted molar refractivity (Wildman–Crippen MR) is 77.4 cm³/mol. The number of fused-ring (bicyclic) bond motifs is 1. The van der Waals surface area contributed by atoms with E-state index in [2.05, 4.69) is 11.1 Å². The van der Waals surface area contributed by atoms with Gasteiger partial charge < -0.3 is 4.74 Å². The van der Waals surface area contributed by atoms with Crippen molar-refractivity contribution in [3.8, 4) is 11.8 Å². The number of hydrogen-bond acceptors (Lipinski definition) is 4. The molecule has 2 heterocycles. The molecule has 0 saturated heterocycles. The van der Waals surface area contributed by atoms with E-state index in [-0.39, 0.29) is 5.91 Å². The van der Waals surface area contributed by atoms with Gasteiger partial charge in [-0.3, -0.25) is 14.7 Å². The van der Waals surface area contributed by atoms with Crippen molar-refractivity contribution in [2.24, 2.45) is 0 Å². The Bertz CT molecular complexity index is 756. The second kappa shape index (κ2) is 5.08. The summed E-state index contributed by atoms with van der Waals surface area (Å²) >= 11 is 6.19. The number of pyridine rings is 1. The van der Waals surface area contributed by atoms with E-state index < -0.39 is 6.04 Å². The van der Waals surface area contributed by atoms with Crippen LogP contribution in [0, 0.1) is 11.3 Å². The number of amides is 1. The first-order valence-electron chi connectivity index (χ1n) is 6.18. The molecule has 1 atom stereocenters. The number of nitriles is 1. The highest BCUT2D eigenvalue weighted by Crippen LogP contribution is 2.44. The quantitative estimate of drug-likeness (QED) is 0.855. The van der Waals surface area contributed by atoms with Crippen LogP contribution in [-0.4, -0.2) is 18.0 Å². The summed E-state index contributed by atoms with van der Waals surface area (Å²) in [5.41, 5.74) is 1.36. The largest absolute Gasteiger partial charge is 0.496 e. The first-order chi connectivity index (χ1) is 10.2. The van der Waals surface area contributed by atoms with Crippen LogP contribution < -0.4 is 9.64 Å². The molecule has 0 bridgehead atoms. The molecule has 21 heavy (non-hydrogen) atoms. The zero-order valence-electron chi connectivity index (χ0n) is 11.1. The Balaban J connectivity index is 2.23. The van der Waals surface area contributed by atoms with Gasteiger partial charge in [-0.15, -0.1) is 0 Å². The van der Waals surface area contributed by atoms with Gasteiger partial charge in [-0.05, 0) is 24.3 Å². The molecule has 0 aliphatic carbocycles. The van der Waals surface area contributed by atoms with E-state index >= 15 is 0 Å². The first-order valence-corrected chi connectivity index (χ1v) is 6.56. The zero-order valence-corrected chi connectivity index (χ0v) is 11.8. The average molecular weight is 300 g/mol. The lowest BCUT2D eigenvalue weighted by atomic mass is 10.0. The molecule has 0 spiro atoms. The summed E-state index contributed by atoms with van der Waals surface area (Å²) < 4.78 is 5.23. The lowest BCUT2D eigenvalue weighted by Gasteiger charge is -2.19. The van der Waals surface area contributed by atoms with Crippen LogP contribution in [0.25, 0.3) is 0 Å². The predicted octanol–water partition coefficient (Wildman–Crippen LogP) is 2.97. The second-order valence-electron chi connectivity index (χ2n) is 4.46. The molecule has 1 aromatic carbocycles. The molecule has 0 fully saturated rings. The molecule has 1 aliphatic heterocycles. The van der Waals surface area contributed by atoms with Crippen molar-refractivity contribution >= 4 is 23.2 Å². The van der Waals surface area contributed by atoms with Crippen LogP contribution in [0.15, 0.2) is 36.7 Å². The topological polar surface area (TPSA) is 66.2 Å². The summed E-state index contributed by atoms with van der Waals surface area (Å²) in [5.74, 6) is 0.0925. The summed E-state index contributed by atoms with van der Waals surface area (Å²) in [6.07, 6.45) is 3.14. The fraction of sp³-hybridized carbons (Fsp3) is 0.133. The molecular formula is C15H10ClN3O2. The number of rotatable bonds is 2. The standard InChI is InChI=1S/C15H10ClN3O2/c1-21-12-5-4-10(16)13-11(7-17)19(15(20)14(12)13)9-3-2-6-18-8-9/h2-6,8,11H,1H3. The SMILES string of the molecule is COc1ccc(Cl)c2c1C(=O)N(c1cccnc1)C2C#N. The van der Waals surface area contributed by atoms with Crippen molar-refractivity contribution in [2.75, 3.05) is 12.0 Å². The minimum atomic E-state index is -0.792. The molecule has 5 nitrogen and oxygen atoms in total. The number of aromatic nitrogens is 1. The molecule has 1 amide bonds. The van der Waals surface area contributed by atoms with E-state index in [0.29, 0.717) is 27.6 Å². The highest BCUT2D eigenvalue weighted by molar-refractivity contribution is 6.33. The van der Waals surface area contributed by atoms with Crippen LogP contribution in [0.1, 0.15) is 22.0 Å². The average Bonchev–Trinajstić information content (AvgIpc) is 2.82. The highest BCUT2D eigenvalue weighted by atomic mass is 35.5. The summed E-state index contributed by atoms with van der Waals surface area (Å²) in [7, 11) is 1.48. The van der Waals surface area contributed by atoms with Gasteiger partial charge in [0, 0.05) is 16.8 Å². The van der Waals surface area contributed by atoms with Gasteiger partial charge in [0.05, 0.1) is 30.6 Å². The molecule has 0 N–H and O–H groups in total. The Labute approximate surface area is 126 Å². The van der Waals surface area contributed by atoms with Gasteiger partial charge in [0.15, 0.2) is 6.04 Å². The van der Waals surface area contributed by atoms with Gasteiger partial charge in [-0.2, -0.15) is 5.26 Å². The Morgan fingerprint density at radius 2 is 2.24 bits per heavy atom. The van der Waals surface area contributed by atoms with E-state index in [4.69, 9.17) is 16.3 Å². The van der Waals surface area contributed by atoms with Crippen LogP contribution in [0.3, 0.4) is 0 Å². The highest BCUT2D eigenvalue weighted by Gasteiger charge is 2.41. The van der Waals surface area contributed by atoms with Gasteiger partial charge in [0.1, 0.15) is 5.75 Å². The van der Waals surface area contributed by atoms with Crippen molar-refractivity contribution in [3.05, 3.63) is 52.8 Å². The van der Waals surface area contributed by atoms with Crippen LogP contribution in [0.5, 0.6) is 5.75 Å². The molecule has 1 aromatic heterocycles. The molecule has 3 rings (SSSR count). The smallest absolute Gasteiger partial charge is 0.263 e. The number of carbonyl (C=O) groups excluding carboxylic acids is 1. The van der Waals surface area contributed by atoms with Gasteiger partial charge >= 0.3 is 0 Å². The zero-order chi connectivity index (χ0) is 15.0. The molecule has 0 radical (unpaired) electrons. The summed E-state index contributed by atoms with van der Waals surface area (Å²) in [5, 5.41) is 9.86. The lowest BCUT2D eigenvalue weighted by Crippen LogP contribution is -2.27. The fourth-order valence-corrected chi connectivity index (χ4v) is 2.74. The van der Waals surface area contributed by atoms with Crippen LogP contribution in [0.4, 0.5) is 5.69 Å². The molecule has 2 aromatic rings. The maximum atomic E-state index is 12.7. The van der Waals surface area contributed by atoms with Gasteiger partial charge in [0.25, 0.3) is 5.91 Å². The second-order valence-corrected chi connectivity index (χ2v) is 4.86. The Morgan fingerprint density at radius 1 is 1.43 bits per heavy atom. The number of anilines is 1. The number of hydrogen-bond donors (Lipinski definition) is 0.